The fraction of sp³-hybridized carbons (Fsp3) is 1.00. The molecule has 0 aromatic carbocycles. The third kappa shape index (κ3) is 7.78. The van der Waals surface area contributed by atoms with Crippen molar-refractivity contribution in [2.45, 2.75) is 19.4 Å². The first-order chi connectivity index (χ1) is 5.16. The minimum atomic E-state index is 0.117. The zero-order valence-electron chi connectivity index (χ0n) is 7.71. The van der Waals surface area contributed by atoms with Gasteiger partial charge in [-0.25, -0.2) is 0 Å². The molecule has 0 heterocycles. The summed E-state index contributed by atoms with van der Waals surface area (Å²) >= 11 is 0. The second-order valence-corrected chi connectivity index (χ2v) is 3.00. The van der Waals surface area contributed by atoms with E-state index >= 15 is 0 Å². The van der Waals surface area contributed by atoms with Crippen molar-refractivity contribution in [3.8, 4) is 0 Å². The van der Waals surface area contributed by atoms with Gasteiger partial charge in [-0.2, -0.15) is 0 Å². The molecule has 1 unspecified atom stereocenters. The van der Waals surface area contributed by atoms with E-state index in [0.717, 1.165) is 13.0 Å². The Hall–Kier alpha value is -0.120. The third-order valence-corrected chi connectivity index (χ3v) is 1.48. The maximum absolute atomic E-state index is 8.46. The second-order valence-electron chi connectivity index (χ2n) is 3.00. The van der Waals surface area contributed by atoms with Gasteiger partial charge in [0.1, 0.15) is 0 Å². The van der Waals surface area contributed by atoms with Gasteiger partial charge in [-0.3, -0.25) is 0 Å². The molecule has 0 aliphatic heterocycles. The van der Waals surface area contributed by atoms with E-state index < -0.39 is 0 Å². The van der Waals surface area contributed by atoms with Crippen LogP contribution in [0.25, 0.3) is 0 Å². The van der Waals surface area contributed by atoms with Crippen molar-refractivity contribution in [3.05, 3.63) is 0 Å². The van der Waals surface area contributed by atoms with Gasteiger partial charge in [-0.05, 0) is 34.0 Å². The number of rotatable bonds is 6. The first-order valence-corrected chi connectivity index (χ1v) is 4.04. The number of aliphatic hydroxyl groups excluding tert-OH is 1. The van der Waals surface area contributed by atoms with Gasteiger partial charge in [0.25, 0.3) is 0 Å². The molecule has 0 saturated carbocycles. The molecule has 0 fully saturated rings. The van der Waals surface area contributed by atoms with Crippen LogP contribution in [0, 0.1) is 0 Å². The predicted octanol–water partition coefficient (Wildman–Crippen LogP) is 0.336. The van der Waals surface area contributed by atoms with E-state index in [4.69, 9.17) is 9.84 Å². The Morgan fingerprint density at radius 2 is 2.09 bits per heavy atom. The molecule has 0 radical (unpaired) electrons. The first kappa shape index (κ1) is 10.9. The Bertz CT molecular complexity index is 86.2. The van der Waals surface area contributed by atoms with Gasteiger partial charge in [0.05, 0.1) is 19.3 Å². The molecule has 0 saturated heterocycles. The molecule has 0 spiro atoms. The van der Waals surface area contributed by atoms with E-state index in [9.17, 15) is 0 Å². The smallest absolute Gasteiger partial charge is 0.0701 e. The molecule has 3 nitrogen and oxygen atoms in total. The van der Waals surface area contributed by atoms with Gasteiger partial charge in [-0.15, -0.1) is 0 Å². The minimum absolute atomic E-state index is 0.117. The summed E-state index contributed by atoms with van der Waals surface area (Å²) in [5.41, 5.74) is 0. The van der Waals surface area contributed by atoms with E-state index in [-0.39, 0.29) is 12.7 Å². The van der Waals surface area contributed by atoms with Crippen molar-refractivity contribution in [3.63, 3.8) is 0 Å². The monoisotopic (exact) mass is 161 g/mol. The maximum Gasteiger partial charge on any atom is 0.0701 e. The van der Waals surface area contributed by atoms with Crippen LogP contribution in [0.1, 0.15) is 13.3 Å². The minimum Gasteiger partial charge on any atom is -0.394 e. The molecule has 0 rings (SSSR count). The molecule has 11 heavy (non-hydrogen) atoms. The van der Waals surface area contributed by atoms with Crippen molar-refractivity contribution < 1.29 is 9.84 Å². The van der Waals surface area contributed by atoms with Crippen LogP contribution in [-0.2, 0) is 4.74 Å². The molecule has 0 aliphatic carbocycles. The van der Waals surface area contributed by atoms with Gasteiger partial charge in [0.15, 0.2) is 0 Å². The Morgan fingerprint density at radius 1 is 1.45 bits per heavy atom. The maximum atomic E-state index is 8.46. The molecule has 68 valence electrons. The number of ether oxygens (including phenoxy) is 1. The Labute approximate surface area is 69.0 Å². The summed E-state index contributed by atoms with van der Waals surface area (Å²) in [7, 11) is 4.08. The van der Waals surface area contributed by atoms with Crippen LogP contribution in [0.5, 0.6) is 0 Å². The summed E-state index contributed by atoms with van der Waals surface area (Å²) in [5.74, 6) is 0. The van der Waals surface area contributed by atoms with E-state index in [1.165, 1.54) is 0 Å². The van der Waals surface area contributed by atoms with Crippen LogP contribution in [0.2, 0.25) is 0 Å². The van der Waals surface area contributed by atoms with E-state index in [1.54, 1.807) is 0 Å². The molecule has 0 amide bonds. The van der Waals surface area contributed by atoms with Crippen LogP contribution in [0.4, 0.5) is 0 Å². The zero-order valence-corrected chi connectivity index (χ0v) is 7.71. The van der Waals surface area contributed by atoms with Gasteiger partial charge in [-0.1, -0.05) is 0 Å². The van der Waals surface area contributed by atoms with Crippen molar-refractivity contribution in [1.29, 1.82) is 0 Å². The summed E-state index contributed by atoms with van der Waals surface area (Å²) in [6.45, 7) is 3.63. The average Bonchev–Trinajstić information content (AvgIpc) is 1.97. The molecular formula is C8H19NO2. The molecule has 0 aliphatic rings. The Balaban J connectivity index is 3.15. The molecule has 3 heteroatoms. The highest BCUT2D eigenvalue weighted by atomic mass is 16.5. The predicted molar refractivity (Wildman–Crippen MR) is 45.7 cm³/mol. The van der Waals surface area contributed by atoms with Crippen LogP contribution in [-0.4, -0.2) is 50.0 Å². The number of nitrogens with zero attached hydrogens (tertiary/aromatic N) is 1. The fourth-order valence-corrected chi connectivity index (χ4v) is 0.777. The highest BCUT2D eigenvalue weighted by molar-refractivity contribution is 4.52. The van der Waals surface area contributed by atoms with Crippen LogP contribution in [0.15, 0.2) is 0 Å². The summed E-state index contributed by atoms with van der Waals surface area (Å²) in [4.78, 5) is 2.12. The van der Waals surface area contributed by atoms with Crippen LogP contribution < -0.4 is 0 Å². The summed E-state index contributed by atoms with van der Waals surface area (Å²) in [6, 6.07) is 0. The summed E-state index contributed by atoms with van der Waals surface area (Å²) in [6.07, 6.45) is 1.28. The van der Waals surface area contributed by atoms with Crippen molar-refractivity contribution in [2.24, 2.45) is 0 Å². The lowest BCUT2D eigenvalue weighted by Gasteiger charge is -2.15. The zero-order chi connectivity index (χ0) is 8.69. The Kier molecular flexibility index (Phi) is 6.51. The number of hydrogen-bond acceptors (Lipinski definition) is 3. The molecule has 0 bridgehead atoms. The fourth-order valence-electron chi connectivity index (χ4n) is 0.777. The lowest BCUT2D eigenvalue weighted by Crippen LogP contribution is -2.20. The highest BCUT2D eigenvalue weighted by Gasteiger charge is 2.01. The van der Waals surface area contributed by atoms with E-state index in [2.05, 4.69) is 4.90 Å². The first-order valence-electron chi connectivity index (χ1n) is 4.04. The van der Waals surface area contributed by atoms with Crippen molar-refractivity contribution in [1.82, 2.24) is 4.90 Å². The standard InChI is InChI=1S/C8H19NO2/c1-8(11-7-6-10)4-5-9(2)3/h8,10H,4-7H2,1-3H3. The highest BCUT2D eigenvalue weighted by Crippen LogP contribution is 1.97. The van der Waals surface area contributed by atoms with E-state index in [1.807, 2.05) is 21.0 Å². The molecule has 1 N–H and O–H groups in total. The summed E-state index contributed by atoms with van der Waals surface area (Å²) in [5, 5.41) is 8.46. The van der Waals surface area contributed by atoms with Gasteiger partial charge in [0.2, 0.25) is 0 Å². The van der Waals surface area contributed by atoms with Crippen LogP contribution >= 0.6 is 0 Å². The normalized spacial score (nSPS) is 13.9. The molecule has 0 aromatic rings. The lowest BCUT2D eigenvalue weighted by molar-refractivity contribution is 0.0313. The molecule has 1 atom stereocenters. The topological polar surface area (TPSA) is 32.7 Å². The Morgan fingerprint density at radius 3 is 2.55 bits per heavy atom. The third-order valence-electron chi connectivity index (χ3n) is 1.48. The van der Waals surface area contributed by atoms with Gasteiger partial charge in [0, 0.05) is 0 Å². The van der Waals surface area contributed by atoms with Crippen molar-refractivity contribution in [2.75, 3.05) is 33.9 Å². The molecule has 0 aromatic heterocycles. The van der Waals surface area contributed by atoms with Gasteiger partial charge >= 0.3 is 0 Å². The SMILES string of the molecule is CC(CCN(C)C)OCCO. The van der Waals surface area contributed by atoms with Crippen molar-refractivity contribution >= 4 is 0 Å². The quantitative estimate of drug-likeness (QED) is 0.609. The number of aliphatic hydroxyl groups is 1. The molecular weight excluding hydrogens is 142 g/mol. The summed E-state index contributed by atoms with van der Waals surface area (Å²) < 4.78 is 5.26. The lowest BCUT2D eigenvalue weighted by atomic mass is 10.3. The van der Waals surface area contributed by atoms with E-state index in [0.29, 0.717) is 6.61 Å². The number of hydrogen-bond donors (Lipinski definition) is 1. The van der Waals surface area contributed by atoms with Gasteiger partial charge < -0.3 is 14.7 Å². The van der Waals surface area contributed by atoms with Crippen LogP contribution in [0.3, 0.4) is 0 Å². The average molecular weight is 161 g/mol. The largest absolute Gasteiger partial charge is 0.394 e. The second kappa shape index (κ2) is 6.58.